The molecule has 2 nitrogen and oxygen atoms in total. The zero-order valence-corrected chi connectivity index (χ0v) is 9.31. The Hall–Kier alpha value is -1.02. The smallest absolute Gasteiger partial charge is 0.163 e. The molecule has 0 spiro atoms. The molecule has 0 unspecified atom stereocenters. The Morgan fingerprint density at radius 2 is 2.14 bits per heavy atom. The van der Waals surface area contributed by atoms with Crippen LogP contribution in [-0.4, -0.2) is 12.4 Å². The van der Waals surface area contributed by atoms with Gasteiger partial charge in [-0.15, -0.1) is 0 Å². The van der Waals surface area contributed by atoms with Crippen LogP contribution in [0.5, 0.6) is 5.75 Å². The second-order valence-corrected chi connectivity index (χ2v) is 3.45. The second kappa shape index (κ2) is 4.47. The molecule has 0 aliphatic carbocycles. The van der Waals surface area contributed by atoms with Gasteiger partial charge in [-0.1, -0.05) is 11.6 Å². The van der Waals surface area contributed by atoms with Crippen LogP contribution in [0.3, 0.4) is 0 Å². The summed E-state index contributed by atoms with van der Waals surface area (Å²) in [4.78, 5) is 11.3. The Labute approximate surface area is 88.8 Å². The monoisotopic (exact) mass is 212 g/mol. The number of halogens is 1. The molecule has 0 amide bonds. The fourth-order valence-electron chi connectivity index (χ4n) is 1.28. The molecule has 3 heteroatoms. The van der Waals surface area contributed by atoms with Crippen molar-refractivity contribution in [3.63, 3.8) is 0 Å². The Morgan fingerprint density at radius 3 is 2.64 bits per heavy atom. The van der Waals surface area contributed by atoms with E-state index in [-0.39, 0.29) is 5.78 Å². The van der Waals surface area contributed by atoms with E-state index in [0.29, 0.717) is 22.9 Å². The van der Waals surface area contributed by atoms with E-state index < -0.39 is 0 Å². The zero-order valence-electron chi connectivity index (χ0n) is 8.56. The molecule has 76 valence electrons. The highest BCUT2D eigenvalue weighted by atomic mass is 35.5. The van der Waals surface area contributed by atoms with E-state index in [1.807, 2.05) is 13.8 Å². The van der Waals surface area contributed by atoms with Crippen LogP contribution in [0.1, 0.15) is 29.8 Å². The number of ketones is 1. The van der Waals surface area contributed by atoms with Crippen LogP contribution in [0.4, 0.5) is 0 Å². The molecule has 0 aliphatic heterocycles. The van der Waals surface area contributed by atoms with Crippen LogP contribution in [-0.2, 0) is 0 Å². The third kappa shape index (κ3) is 2.07. The van der Waals surface area contributed by atoms with Crippen LogP contribution < -0.4 is 4.74 Å². The highest BCUT2D eigenvalue weighted by molar-refractivity contribution is 6.31. The van der Waals surface area contributed by atoms with Crippen LogP contribution in [0, 0.1) is 6.92 Å². The Kier molecular flexibility index (Phi) is 3.53. The van der Waals surface area contributed by atoms with Crippen molar-refractivity contribution in [3.8, 4) is 5.75 Å². The molecule has 0 saturated carbocycles. The normalized spacial score (nSPS) is 10.0. The van der Waals surface area contributed by atoms with E-state index in [1.165, 1.54) is 6.92 Å². The van der Waals surface area contributed by atoms with Gasteiger partial charge in [-0.3, -0.25) is 4.79 Å². The molecule has 0 N–H and O–H groups in total. The van der Waals surface area contributed by atoms with Gasteiger partial charge in [0.25, 0.3) is 0 Å². The summed E-state index contributed by atoms with van der Waals surface area (Å²) >= 11 is 5.93. The van der Waals surface area contributed by atoms with Gasteiger partial charge in [-0.05, 0) is 32.9 Å². The minimum absolute atomic E-state index is 0.00628. The van der Waals surface area contributed by atoms with Gasteiger partial charge >= 0.3 is 0 Å². The molecule has 1 aromatic carbocycles. The summed E-state index contributed by atoms with van der Waals surface area (Å²) in [5, 5.41) is 0.624. The van der Waals surface area contributed by atoms with E-state index >= 15 is 0 Å². The lowest BCUT2D eigenvalue weighted by atomic mass is 10.1. The van der Waals surface area contributed by atoms with Crippen LogP contribution in [0.2, 0.25) is 5.02 Å². The molecule has 0 radical (unpaired) electrons. The maximum atomic E-state index is 11.3. The topological polar surface area (TPSA) is 26.3 Å². The number of hydrogen-bond acceptors (Lipinski definition) is 2. The van der Waals surface area contributed by atoms with E-state index in [2.05, 4.69) is 0 Å². The molecular formula is C11H13ClO2. The summed E-state index contributed by atoms with van der Waals surface area (Å²) in [6, 6.07) is 3.42. The maximum Gasteiger partial charge on any atom is 0.163 e. The van der Waals surface area contributed by atoms with E-state index in [9.17, 15) is 4.79 Å². The van der Waals surface area contributed by atoms with Crippen molar-refractivity contribution in [1.29, 1.82) is 0 Å². The summed E-state index contributed by atoms with van der Waals surface area (Å²) in [6.07, 6.45) is 0. The second-order valence-electron chi connectivity index (χ2n) is 3.04. The third-order valence-corrected chi connectivity index (χ3v) is 2.42. The highest BCUT2D eigenvalue weighted by Gasteiger charge is 2.12. The number of benzene rings is 1. The van der Waals surface area contributed by atoms with Crippen molar-refractivity contribution in [2.24, 2.45) is 0 Å². The van der Waals surface area contributed by atoms with Gasteiger partial charge in [-0.25, -0.2) is 0 Å². The number of carbonyl (C=O) groups excluding carboxylic acids is 1. The first-order chi connectivity index (χ1) is 6.57. The number of Topliss-reactive ketones (excluding diaryl/α,β-unsaturated/α-hetero) is 1. The standard InChI is InChI=1S/C11H13ClO2/c1-4-14-11-7(2)10(12)6-5-9(11)8(3)13/h5-6H,4H2,1-3H3. The molecule has 14 heavy (non-hydrogen) atoms. The SMILES string of the molecule is CCOc1c(C(C)=O)ccc(Cl)c1C. The van der Waals surface area contributed by atoms with Gasteiger partial charge < -0.3 is 4.74 Å². The molecule has 0 bridgehead atoms. The van der Waals surface area contributed by atoms with Crippen LogP contribution >= 0.6 is 11.6 Å². The molecule has 0 heterocycles. The molecule has 0 atom stereocenters. The average Bonchev–Trinajstić information content (AvgIpc) is 2.13. The van der Waals surface area contributed by atoms with Gasteiger partial charge in [-0.2, -0.15) is 0 Å². The molecule has 0 saturated heterocycles. The molecular weight excluding hydrogens is 200 g/mol. The predicted octanol–water partition coefficient (Wildman–Crippen LogP) is 3.25. The average molecular weight is 213 g/mol. The maximum absolute atomic E-state index is 11.3. The van der Waals surface area contributed by atoms with Crippen molar-refractivity contribution in [3.05, 3.63) is 28.3 Å². The number of ether oxygens (including phenoxy) is 1. The highest BCUT2D eigenvalue weighted by Crippen LogP contribution is 2.30. The van der Waals surface area contributed by atoms with Crippen molar-refractivity contribution in [2.75, 3.05) is 6.61 Å². The summed E-state index contributed by atoms with van der Waals surface area (Å²) < 4.78 is 5.40. The van der Waals surface area contributed by atoms with Crippen molar-refractivity contribution >= 4 is 17.4 Å². The minimum atomic E-state index is -0.00628. The summed E-state index contributed by atoms with van der Waals surface area (Å²) in [6.45, 7) is 5.77. The van der Waals surface area contributed by atoms with Crippen molar-refractivity contribution < 1.29 is 9.53 Å². The fraction of sp³-hybridized carbons (Fsp3) is 0.364. The van der Waals surface area contributed by atoms with Gasteiger partial charge in [0.05, 0.1) is 12.2 Å². The molecule has 0 aromatic heterocycles. The minimum Gasteiger partial charge on any atom is -0.493 e. The summed E-state index contributed by atoms with van der Waals surface area (Å²) in [7, 11) is 0. The number of rotatable bonds is 3. The van der Waals surface area contributed by atoms with Gasteiger partial charge in [0.15, 0.2) is 5.78 Å². The lowest BCUT2D eigenvalue weighted by molar-refractivity contribution is 0.101. The third-order valence-electron chi connectivity index (χ3n) is 2.01. The number of hydrogen-bond donors (Lipinski definition) is 0. The van der Waals surface area contributed by atoms with Crippen LogP contribution in [0.15, 0.2) is 12.1 Å². The van der Waals surface area contributed by atoms with Gasteiger partial charge in [0.1, 0.15) is 5.75 Å². The number of carbonyl (C=O) groups is 1. The Bertz CT molecular complexity index is 359. The lowest BCUT2D eigenvalue weighted by Gasteiger charge is -2.12. The molecule has 1 aromatic rings. The van der Waals surface area contributed by atoms with Crippen molar-refractivity contribution in [1.82, 2.24) is 0 Å². The first-order valence-corrected chi connectivity index (χ1v) is 4.88. The summed E-state index contributed by atoms with van der Waals surface area (Å²) in [5.74, 6) is 0.598. The Balaban J connectivity index is 3.29. The zero-order chi connectivity index (χ0) is 10.7. The van der Waals surface area contributed by atoms with Crippen molar-refractivity contribution in [2.45, 2.75) is 20.8 Å². The van der Waals surface area contributed by atoms with E-state index in [0.717, 1.165) is 5.56 Å². The van der Waals surface area contributed by atoms with E-state index in [1.54, 1.807) is 12.1 Å². The fourth-order valence-corrected chi connectivity index (χ4v) is 1.42. The van der Waals surface area contributed by atoms with E-state index in [4.69, 9.17) is 16.3 Å². The van der Waals surface area contributed by atoms with Crippen LogP contribution in [0.25, 0.3) is 0 Å². The quantitative estimate of drug-likeness (QED) is 0.719. The van der Waals surface area contributed by atoms with Gasteiger partial charge in [0.2, 0.25) is 0 Å². The lowest BCUT2D eigenvalue weighted by Crippen LogP contribution is -2.02. The first-order valence-electron chi connectivity index (χ1n) is 4.50. The predicted molar refractivity (Wildman–Crippen MR) is 57.4 cm³/mol. The van der Waals surface area contributed by atoms with Gasteiger partial charge in [0, 0.05) is 10.6 Å². The molecule has 0 aliphatic rings. The molecule has 0 fully saturated rings. The molecule has 1 rings (SSSR count). The first kappa shape index (κ1) is 11.1. The Morgan fingerprint density at radius 1 is 1.50 bits per heavy atom. The largest absolute Gasteiger partial charge is 0.493 e. The summed E-state index contributed by atoms with van der Waals surface area (Å²) in [5.41, 5.74) is 1.41.